The average Bonchev–Trinajstić information content (AvgIpc) is 2.37. The van der Waals surface area contributed by atoms with Gasteiger partial charge in [0.05, 0.1) is 11.2 Å². The molecule has 0 aliphatic rings. The number of aliphatic carboxylic acids is 1. The molecule has 6 heteroatoms. The van der Waals surface area contributed by atoms with Crippen LogP contribution in [0.1, 0.15) is 37.6 Å². The molecule has 0 saturated carbocycles. The minimum absolute atomic E-state index is 0.207. The molecule has 1 aromatic heterocycles. The summed E-state index contributed by atoms with van der Waals surface area (Å²) in [6.45, 7) is 5.92. The highest BCUT2D eigenvalue weighted by atomic mass is 16.5. The molecule has 2 N–H and O–H groups in total. The Kier molecular flexibility index (Phi) is 5.64. The molecule has 0 aliphatic carbocycles. The third-order valence-corrected chi connectivity index (χ3v) is 2.47. The number of hydrogen-bond donors (Lipinski definition) is 2. The van der Waals surface area contributed by atoms with Gasteiger partial charge < -0.3 is 15.2 Å². The number of nitrogens with one attached hydrogen (secondary N) is 1. The number of aromatic nitrogens is 1. The van der Waals surface area contributed by atoms with E-state index in [0.717, 1.165) is 0 Å². The van der Waals surface area contributed by atoms with Gasteiger partial charge in [-0.05, 0) is 32.9 Å². The van der Waals surface area contributed by atoms with Gasteiger partial charge in [-0.25, -0.2) is 4.79 Å². The van der Waals surface area contributed by atoms with Crippen molar-refractivity contribution in [3.63, 3.8) is 0 Å². The van der Waals surface area contributed by atoms with E-state index >= 15 is 0 Å². The number of nitrogens with zero attached hydrogens (tertiary/aromatic N) is 1. The second-order valence-electron chi connectivity index (χ2n) is 5.36. The summed E-state index contributed by atoms with van der Waals surface area (Å²) in [6, 6.07) is 2.21. The molecule has 1 amide bonds. The smallest absolute Gasteiger partial charge is 0.326 e. The SMILES string of the molecule is CC(C)(C)OCCC(NC(=O)c1cccnc1)C(=O)O. The first-order chi connectivity index (χ1) is 9.29. The average molecular weight is 280 g/mol. The van der Waals surface area contributed by atoms with Gasteiger partial charge >= 0.3 is 5.97 Å². The van der Waals surface area contributed by atoms with Crippen LogP contribution in [0.15, 0.2) is 24.5 Å². The van der Waals surface area contributed by atoms with Crippen LogP contribution in [0.3, 0.4) is 0 Å². The topological polar surface area (TPSA) is 88.5 Å². The monoisotopic (exact) mass is 280 g/mol. The lowest BCUT2D eigenvalue weighted by molar-refractivity contribution is -0.140. The first-order valence-corrected chi connectivity index (χ1v) is 6.37. The van der Waals surface area contributed by atoms with Gasteiger partial charge in [-0.2, -0.15) is 0 Å². The van der Waals surface area contributed by atoms with Gasteiger partial charge in [0, 0.05) is 25.4 Å². The Bertz CT molecular complexity index is 454. The summed E-state index contributed by atoms with van der Waals surface area (Å²) in [5.74, 6) is -1.54. The number of carbonyl (C=O) groups is 2. The van der Waals surface area contributed by atoms with Crippen LogP contribution in [0.25, 0.3) is 0 Å². The largest absolute Gasteiger partial charge is 0.480 e. The summed E-state index contributed by atoms with van der Waals surface area (Å²) >= 11 is 0. The molecule has 0 aromatic carbocycles. The fraction of sp³-hybridized carbons (Fsp3) is 0.500. The zero-order valence-corrected chi connectivity index (χ0v) is 11.9. The maximum Gasteiger partial charge on any atom is 0.326 e. The molecule has 1 heterocycles. The molecule has 6 nitrogen and oxygen atoms in total. The predicted molar refractivity (Wildman–Crippen MR) is 73.4 cm³/mol. The normalized spacial score (nSPS) is 12.8. The standard InChI is InChI=1S/C14H20N2O4/c1-14(2,3)20-8-6-11(13(18)19)16-12(17)10-5-4-7-15-9-10/h4-5,7,9,11H,6,8H2,1-3H3,(H,16,17)(H,18,19). The summed E-state index contributed by atoms with van der Waals surface area (Å²) in [6.07, 6.45) is 3.14. The second-order valence-corrected chi connectivity index (χ2v) is 5.36. The van der Waals surface area contributed by atoms with Gasteiger partial charge in [-0.1, -0.05) is 0 Å². The minimum Gasteiger partial charge on any atom is -0.480 e. The Hall–Kier alpha value is -1.95. The molecular formula is C14H20N2O4. The van der Waals surface area contributed by atoms with Crippen LogP contribution >= 0.6 is 0 Å². The van der Waals surface area contributed by atoms with Gasteiger partial charge in [0.2, 0.25) is 0 Å². The summed E-state index contributed by atoms with van der Waals surface area (Å²) in [5, 5.41) is 11.6. The number of carbonyl (C=O) groups excluding carboxylic acids is 1. The van der Waals surface area contributed by atoms with Crippen LogP contribution < -0.4 is 5.32 Å². The zero-order chi connectivity index (χ0) is 15.2. The van der Waals surface area contributed by atoms with E-state index in [2.05, 4.69) is 10.3 Å². The third kappa shape index (κ3) is 5.79. The maximum absolute atomic E-state index is 11.9. The number of pyridine rings is 1. The van der Waals surface area contributed by atoms with Gasteiger partial charge in [0.25, 0.3) is 5.91 Å². The number of hydrogen-bond acceptors (Lipinski definition) is 4. The highest BCUT2D eigenvalue weighted by Crippen LogP contribution is 2.08. The van der Waals surface area contributed by atoms with Crippen LogP contribution in [-0.2, 0) is 9.53 Å². The quantitative estimate of drug-likeness (QED) is 0.823. The Morgan fingerprint density at radius 3 is 2.65 bits per heavy atom. The lowest BCUT2D eigenvalue weighted by Gasteiger charge is -2.21. The van der Waals surface area contributed by atoms with E-state index in [0.29, 0.717) is 5.56 Å². The molecule has 1 rings (SSSR count). The number of amides is 1. The van der Waals surface area contributed by atoms with E-state index in [1.165, 1.54) is 6.20 Å². The number of ether oxygens (including phenoxy) is 1. The number of rotatable bonds is 6. The van der Waals surface area contributed by atoms with Crippen molar-refractivity contribution in [3.05, 3.63) is 30.1 Å². The summed E-state index contributed by atoms with van der Waals surface area (Å²) in [7, 11) is 0. The molecule has 110 valence electrons. The highest BCUT2D eigenvalue weighted by molar-refractivity contribution is 5.96. The molecule has 0 saturated heterocycles. The molecule has 0 aliphatic heterocycles. The lowest BCUT2D eigenvalue weighted by atomic mass is 10.1. The van der Waals surface area contributed by atoms with E-state index < -0.39 is 17.9 Å². The van der Waals surface area contributed by atoms with Gasteiger partial charge in [0.15, 0.2) is 0 Å². The van der Waals surface area contributed by atoms with Crippen molar-refractivity contribution in [1.82, 2.24) is 10.3 Å². The van der Waals surface area contributed by atoms with Crippen LogP contribution in [0.4, 0.5) is 0 Å². The first kappa shape index (κ1) is 16.1. The third-order valence-electron chi connectivity index (χ3n) is 2.47. The van der Waals surface area contributed by atoms with Crippen LogP contribution in [0.5, 0.6) is 0 Å². The minimum atomic E-state index is -1.08. The number of carboxylic acid groups (broad SMARTS) is 1. The summed E-state index contributed by atoms with van der Waals surface area (Å²) < 4.78 is 5.47. The highest BCUT2D eigenvalue weighted by Gasteiger charge is 2.21. The molecule has 1 unspecified atom stereocenters. The van der Waals surface area contributed by atoms with E-state index in [1.807, 2.05) is 20.8 Å². The van der Waals surface area contributed by atoms with Crippen molar-refractivity contribution in [2.24, 2.45) is 0 Å². The lowest BCUT2D eigenvalue weighted by Crippen LogP contribution is -2.42. The zero-order valence-electron chi connectivity index (χ0n) is 11.9. The molecule has 1 atom stereocenters. The van der Waals surface area contributed by atoms with Crippen molar-refractivity contribution in [1.29, 1.82) is 0 Å². The molecule has 0 fully saturated rings. The molecule has 0 radical (unpaired) electrons. The fourth-order valence-electron chi connectivity index (χ4n) is 1.48. The van der Waals surface area contributed by atoms with Gasteiger partial charge in [-0.3, -0.25) is 9.78 Å². The van der Waals surface area contributed by atoms with Gasteiger partial charge in [0.1, 0.15) is 6.04 Å². The molecule has 0 bridgehead atoms. The van der Waals surface area contributed by atoms with Gasteiger partial charge in [-0.15, -0.1) is 0 Å². The van der Waals surface area contributed by atoms with Crippen molar-refractivity contribution in [3.8, 4) is 0 Å². The number of carboxylic acids is 1. The molecular weight excluding hydrogens is 260 g/mol. The van der Waals surface area contributed by atoms with Crippen molar-refractivity contribution in [2.75, 3.05) is 6.61 Å². The Morgan fingerprint density at radius 1 is 1.45 bits per heavy atom. The van der Waals surface area contributed by atoms with Crippen LogP contribution in [0.2, 0.25) is 0 Å². The molecule has 20 heavy (non-hydrogen) atoms. The van der Waals surface area contributed by atoms with Crippen molar-refractivity contribution in [2.45, 2.75) is 38.8 Å². The first-order valence-electron chi connectivity index (χ1n) is 6.37. The summed E-state index contributed by atoms with van der Waals surface area (Å²) in [5.41, 5.74) is -0.00774. The van der Waals surface area contributed by atoms with Crippen molar-refractivity contribution >= 4 is 11.9 Å². The van der Waals surface area contributed by atoms with E-state index in [-0.39, 0.29) is 18.6 Å². The predicted octanol–water partition coefficient (Wildman–Crippen LogP) is 1.47. The van der Waals surface area contributed by atoms with Crippen LogP contribution in [0, 0.1) is 0 Å². The van der Waals surface area contributed by atoms with Crippen LogP contribution in [-0.4, -0.2) is 40.2 Å². The van der Waals surface area contributed by atoms with E-state index in [9.17, 15) is 9.59 Å². The Morgan fingerprint density at radius 2 is 2.15 bits per heavy atom. The Labute approximate surface area is 118 Å². The van der Waals surface area contributed by atoms with E-state index in [1.54, 1.807) is 18.3 Å². The molecule has 1 aromatic rings. The Balaban J connectivity index is 2.55. The maximum atomic E-state index is 11.9. The second kappa shape index (κ2) is 7.00. The molecule has 0 spiro atoms. The summed E-state index contributed by atoms with van der Waals surface area (Å²) in [4.78, 5) is 26.8. The van der Waals surface area contributed by atoms with Crippen molar-refractivity contribution < 1.29 is 19.4 Å². The fourth-order valence-corrected chi connectivity index (χ4v) is 1.48. The van der Waals surface area contributed by atoms with E-state index in [4.69, 9.17) is 9.84 Å².